The summed E-state index contributed by atoms with van der Waals surface area (Å²) in [6.07, 6.45) is 0. The fourth-order valence-corrected chi connectivity index (χ4v) is 3.47. The minimum Gasteiger partial charge on any atom is -0.507 e. The van der Waals surface area contributed by atoms with Crippen LogP contribution in [0.2, 0.25) is 0 Å². The van der Waals surface area contributed by atoms with E-state index in [-0.39, 0.29) is 16.9 Å². The van der Waals surface area contributed by atoms with E-state index in [0.29, 0.717) is 6.07 Å². The van der Waals surface area contributed by atoms with Gasteiger partial charge in [-0.1, -0.05) is 30.3 Å². The second-order valence-corrected chi connectivity index (χ2v) is 8.10. The maximum Gasteiger partial charge on any atom is 0.342 e. The summed E-state index contributed by atoms with van der Waals surface area (Å²) in [6, 6.07) is 12.2. The van der Waals surface area contributed by atoms with Gasteiger partial charge in [0, 0.05) is 17.7 Å². The van der Waals surface area contributed by atoms with Gasteiger partial charge in [-0.05, 0) is 12.1 Å². The molecule has 3 aromatic carbocycles. The number of ether oxygens (including phenoxy) is 1. The van der Waals surface area contributed by atoms with E-state index >= 15 is 0 Å². The van der Waals surface area contributed by atoms with Crippen LogP contribution in [0.4, 0.5) is 11.4 Å². The fraction of sp³-hybridized carbons (Fsp3) is 0.0476. The first-order chi connectivity index (χ1) is 16.8. The Balaban J connectivity index is 0.000000269. The third kappa shape index (κ3) is 6.37. The molecule has 0 heterocycles. The number of non-ortho nitro benzene ring substituents is 1. The van der Waals surface area contributed by atoms with E-state index in [1.807, 2.05) is 0 Å². The van der Waals surface area contributed by atoms with Crippen LogP contribution in [0.15, 0.2) is 65.6 Å². The number of ketones is 1. The first-order valence-corrected chi connectivity index (χ1v) is 10.9. The van der Waals surface area contributed by atoms with Crippen molar-refractivity contribution >= 4 is 33.2 Å². The molecule has 0 bridgehead atoms. The Labute approximate surface area is 202 Å². The lowest BCUT2D eigenvalue weighted by molar-refractivity contribution is -0.394. The van der Waals surface area contributed by atoms with Gasteiger partial charge in [0.1, 0.15) is 22.0 Å². The number of methoxy groups -OCH3 is 1. The van der Waals surface area contributed by atoms with Gasteiger partial charge in [0.05, 0.1) is 28.6 Å². The molecule has 0 radical (unpaired) electrons. The number of phenolic OH excluding ortho intramolecular Hbond substituents is 1. The SMILES string of the molecule is COc1cc(O)c(C(=O)c2ccccc2)cc1S(=O)(=O)O.O=C(O)c1ccc([N+](=O)[O-])cc1[N+](=O)[O-]. The van der Waals surface area contributed by atoms with Crippen molar-refractivity contribution in [3.05, 3.63) is 97.6 Å². The molecule has 3 aromatic rings. The highest BCUT2D eigenvalue weighted by atomic mass is 32.2. The van der Waals surface area contributed by atoms with Gasteiger partial charge >= 0.3 is 5.97 Å². The zero-order valence-electron chi connectivity index (χ0n) is 18.1. The maximum atomic E-state index is 12.3. The number of rotatable bonds is 7. The number of carboxylic acid groups (broad SMARTS) is 1. The van der Waals surface area contributed by atoms with Crippen molar-refractivity contribution in [2.45, 2.75) is 4.90 Å². The topological polar surface area (TPSA) is 224 Å². The number of phenols is 1. The van der Waals surface area contributed by atoms with Gasteiger partial charge in [-0.25, -0.2) is 4.79 Å². The predicted octanol–water partition coefficient (Wildman–Crippen LogP) is 3.08. The summed E-state index contributed by atoms with van der Waals surface area (Å²) in [5, 5.41) is 39.1. The van der Waals surface area contributed by atoms with Crippen LogP contribution in [-0.2, 0) is 10.1 Å². The highest BCUT2D eigenvalue weighted by Crippen LogP contribution is 2.32. The summed E-state index contributed by atoms with van der Waals surface area (Å²) in [7, 11) is -3.41. The number of nitro groups is 2. The predicted molar refractivity (Wildman–Crippen MR) is 121 cm³/mol. The molecule has 3 N–H and O–H groups in total. The molecule has 0 saturated heterocycles. The standard InChI is InChI=1S/C14H12O6S.C7H4N2O6/c1-20-12-8-11(15)10(7-13(12)21(17,18)19)14(16)9-5-3-2-4-6-9;10-7(11)5-2-1-4(8(12)13)3-6(5)9(14)15/h2-8,15H,1H3,(H,17,18,19);1-3H,(H,10,11). The summed E-state index contributed by atoms with van der Waals surface area (Å²) in [5.41, 5.74) is -1.86. The molecule has 0 unspecified atom stereocenters. The highest BCUT2D eigenvalue weighted by Gasteiger charge is 2.24. The van der Waals surface area contributed by atoms with Gasteiger partial charge in [0.25, 0.3) is 21.5 Å². The number of aromatic hydroxyl groups is 1. The molecule has 0 atom stereocenters. The molecule has 15 heteroatoms. The number of carbonyl (C=O) groups excluding carboxylic acids is 1. The highest BCUT2D eigenvalue weighted by molar-refractivity contribution is 7.86. The number of carbonyl (C=O) groups is 2. The zero-order valence-corrected chi connectivity index (χ0v) is 18.9. The Morgan fingerprint density at radius 1 is 0.917 bits per heavy atom. The van der Waals surface area contributed by atoms with Crippen LogP contribution in [0.1, 0.15) is 26.3 Å². The van der Waals surface area contributed by atoms with Gasteiger partial charge in [-0.15, -0.1) is 0 Å². The van der Waals surface area contributed by atoms with Gasteiger partial charge < -0.3 is 14.9 Å². The molecule has 0 fully saturated rings. The van der Waals surface area contributed by atoms with Crippen LogP contribution in [0.3, 0.4) is 0 Å². The lowest BCUT2D eigenvalue weighted by Gasteiger charge is -2.10. The van der Waals surface area contributed by atoms with E-state index in [1.165, 1.54) is 19.2 Å². The van der Waals surface area contributed by atoms with E-state index in [2.05, 4.69) is 0 Å². The molecule has 0 aliphatic carbocycles. The van der Waals surface area contributed by atoms with Gasteiger partial charge in [0.15, 0.2) is 5.78 Å². The number of hydrogen-bond donors (Lipinski definition) is 3. The average molecular weight is 520 g/mol. The number of aromatic carboxylic acids is 1. The quantitative estimate of drug-likeness (QED) is 0.177. The Kier molecular flexibility index (Phi) is 8.38. The summed E-state index contributed by atoms with van der Waals surface area (Å²) in [6.45, 7) is 0. The van der Waals surface area contributed by atoms with E-state index < -0.39 is 59.3 Å². The van der Waals surface area contributed by atoms with Crippen molar-refractivity contribution in [1.29, 1.82) is 0 Å². The van der Waals surface area contributed by atoms with Gasteiger partial charge in [-0.3, -0.25) is 29.6 Å². The Morgan fingerprint density at radius 2 is 1.53 bits per heavy atom. The Hall–Kier alpha value is -4.89. The lowest BCUT2D eigenvalue weighted by atomic mass is 10.0. The number of carboxylic acids is 1. The third-order valence-electron chi connectivity index (χ3n) is 4.46. The molecule has 14 nitrogen and oxygen atoms in total. The number of benzene rings is 3. The molecular weight excluding hydrogens is 504 g/mol. The lowest BCUT2D eigenvalue weighted by Crippen LogP contribution is -2.07. The van der Waals surface area contributed by atoms with Crippen molar-refractivity contribution in [2.75, 3.05) is 7.11 Å². The second kappa shape index (κ2) is 11.0. The van der Waals surface area contributed by atoms with Crippen LogP contribution < -0.4 is 4.74 Å². The first-order valence-electron chi connectivity index (χ1n) is 9.42. The van der Waals surface area contributed by atoms with Crippen LogP contribution >= 0.6 is 0 Å². The molecule has 0 spiro atoms. The van der Waals surface area contributed by atoms with E-state index in [4.69, 9.17) is 14.4 Å². The number of nitro benzene ring substituents is 2. The first kappa shape index (κ1) is 27.4. The summed E-state index contributed by atoms with van der Waals surface area (Å²) < 4.78 is 36.6. The molecular formula is C21H16N2O12S. The van der Waals surface area contributed by atoms with Gasteiger partial charge in [0.2, 0.25) is 0 Å². The molecule has 0 aromatic heterocycles. The minimum atomic E-state index is -4.59. The summed E-state index contributed by atoms with van der Waals surface area (Å²) >= 11 is 0. The summed E-state index contributed by atoms with van der Waals surface area (Å²) in [5.74, 6) is -2.76. The van der Waals surface area contributed by atoms with E-state index in [1.54, 1.807) is 18.2 Å². The monoisotopic (exact) mass is 520 g/mol. The second-order valence-electron chi connectivity index (χ2n) is 6.71. The molecule has 0 aliphatic heterocycles. The molecule has 0 saturated carbocycles. The van der Waals surface area contributed by atoms with Crippen LogP contribution in [0.5, 0.6) is 11.5 Å². The Bertz CT molecular complexity index is 1450. The molecule has 188 valence electrons. The van der Waals surface area contributed by atoms with E-state index in [9.17, 15) is 43.3 Å². The largest absolute Gasteiger partial charge is 0.507 e. The zero-order chi connectivity index (χ0) is 27.2. The van der Waals surface area contributed by atoms with Crippen LogP contribution in [-0.4, -0.2) is 51.9 Å². The van der Waals surface area contributed by atoms with Crippen LogP contribution in [0, 0.1) is 20.2 Å². The summed E-state index contributed by atoms with van der Waals surface area (Å²) in [4.78, 5) is 41.1. The smallest absolute Gasteiger partial charge is 0.342 e. The minimum absolute atomic E-state index is 0.241. The average Bonchev–Trinajstić information content (AvgIpc) is 2.83. The molecule has 3 rings (SSSR count). The van der Waals surface area contributed by atoms with Crippen molar-refractivity contribution in [2.24, 2.45) is 0 Å². The number of hydrogen-bond acceptors (Lipinski definition) is 10. The van der Waals surface area contributed by atoms with Crippen molar-refractivity contribution < 1.29 is 47.4 Å². The van der Waals surface area contributed by atoms with Crippen molar-refractivity contribution in [1.82, 2.24) is 0 Å². The number of nitrogens with zero attached hydrogens (tertiary/aromatic N) is 2. The van der Waals surface area contributed by atoms with Crippen molar-refractivity contribution in [3.8, 4) is 11.5 Å². The maximum absolute atomic E-state index is 12.3. The van der Waals surface area contributed by atoms with Gasteiger partial charge in [-0.2, -0.15) is 8.42 Å². The van der Waals surface area contributed by atoms with E-state index in [0.717, 1.165) is 24.3 Å². The third-order valence-corrected chi connectivity index (χ3v) is 5.33. The molecule has 0 aliphatic rings. The van der Waals surface area contributed by atoms with Crippen LogP contribution in [0.25, 0.3) is 0 Å². The fourth-order valence-electron chi connectivity index (χ4n) is 2.80. The Morgan fingerprint density at radius 3 is 2.00 bits per heavy atom. The normalized spacial score (nSPS) is 10.5. The van der Waals surface area contributed by atoms with Crippen molar-refractivity contribution in [3.63, 3.8) is 0 Å². The molecule has 36 heavy (non-hydrogen) atoms. The molecule has 0 amide bonds.